The summed E-state index contributed by atoms with van der Waals surface area (Å²) in [6, 6.07) is 3.72. The smallest absolute Gasteiger partial charge is 0.149 e. The van der Waals surface area contributed by atoms with Crippen LogP contribution >= 0.6 is 0 Å². The second-order valence-electron chi connectivity index (χ2n) is 3.25. The number of anilines is 2. The Bertz CT molecular complexity index is 281. The average molecular weight is 194 g/mol. The van der Waals surface area contributed by atoms with Crippen LogP contribution in [-0.4, -0.2) is 36.4 Å². The highest BCUT2D eigenvalue weighted by Crippen LogP contribution is 2.14. The zero-order chi connectivity index (χ0) is 9.80. The molecule has 0 unspecified atom stereocenters. The van der Waals surface area contributed by atoms with E-state index in [0.29, 0.717) is 5.82 Å². The molecule has 1 aromatic heterocycles. The molecular weight excluding hydrogens is 180 g/mol. The van der Waals surface area contributed by atoms with E-state index in [1.165, 1.54) is 0 Å². The second kappa shape index (κ2) is 4.26. The number of pyridine rings is 1. The van der Waals surface area contributed by atoms with Crippen molar-refractivity contribution in [2.45, 2.75) is 0 Å². The Morgan fingerprint density at radius 3 is 2.71 bits per heavy atom. The number of piperazine rings is 1. The van der Waals surface area contributed by atoms with Crippen molar-refractivity contribution in [3.05, 3.63) is 18.3 Å². The van der Waals surface area contributed by atoms with Gasteiger partial charge in [0, 0.05) is 26.2 Å². The Labute approximate surface area is 82.7 Å². The summed E-state index contributed by atoms with van der Waals surface area (Å²) in [5.74, 6) is 0.476. The van der Waals surface area contributed by atoms with Crippen LogP contribution in [0.3, 0.4) is 0 Å². The maximum absolute atomic E-state index is 8.60. The van der Waals surface area contributed by atoms with Crippen molar-refractivity contribution in [3.8, 4) is 0 Å². The zero-order valence-corrected chi connectivity index (χ0v) is 7.90. The van der Waals surface area contributed by atoms with Crippen LogP contribution in [0.2, 0.25) is 0 Å². The third-order valence-corrected chi connectivity index (χ3v) is 2.34. The summed E-state index contributed by atoms with van der Waals surface area (Å²) < 4.78 is 0. The molecule has 2 heterocycles. The van der Waals surface area contributed by atoms with Gasteiger partial charge in [-0.3, -0.25) is 10.7 Å². The van der Waals surface area contributed by atoms with Gasteiger partial charge in [-0.2, -0.15) is 0 Å². The quantitative estimate of drug-likeness (QED) is 0.591. The summed E-state index contributed by atoms with van der Waals surface area (Å²) in [5.41, 5.74) is 3.12. The molecule has 1 fully saturated rings. The normalized spacial score (nSPS) is 16.8. The molecule has 5 heteroatoms. The molecule has 1 aromatic rings. The number of aromatic nitrogens is 1. The van der Waals surface area contributed by atoms with Crippen molar-refractivity contribution < 1.29 is 5.21 Å². The average Bonchev–Trinajstić information content (AvgIpc) is 2.30. The van der Waals surface area contributed by atoms with Gasteiger partial charge in [0.15, 0.2) is 0 Å². The lowest BCUT2D eigenvalue weighted by molar-refractivity contribution is 0.386. The second-order valence-corrected chi connectivity index (χ2v) is 3.25. The van der Waals surface area contributed by atoms with Gasteiger partial charge in [0.25, 0.3) is 0 Å². The number of rotatable bonds is 2. The van der Waals surface area contributed by atoms with Gasteiger partial charge >= 0.3 is 0 Å². The van der Waals surface area contributed by atoms with Gasteiger partial charge in [-0.05, 0) is 12.1 Å². The van der Waals surface area contributed by atoms with E-state index < -0.39 is 0 Å². The van der Waals surface area contributed by atoms with Crippen molar-refractivity contribution in [2.24, 2.45) is 0 Å². The number of hydrogen-bond donors (Lipinski definition) is 3. The van der Waals surface area contributed by atoms with Gasteiger partial charge in [0.2, 0.25) is 0 Å². The van der Waals surface area contributed by atoms with Gasteiger partial charge in [-0.15, -0.1) is 0 Å². The van der Waals surface area contributed by atoms with Crippen LogP contribution in [0.4, 0.5) is 11.5 Å². The van der Waals surface area contributed by atoms with Crippen LogP contribution in [0.5, 0.6) is 0 Å². The van der Waals surface area contributed by atoms with Crippen molar-refractivity contribution in [1.29, 1.82) is 0 Å². The lowest BCUT2D eigenvalue weighted by Gasteiger charge is -2.29. The zero-order valence-electron chi connectivity index (χ0n) is 7.90. The van der Waals surface area contributed by atoms with Gasteiger partial charge in [-0.25, -0.2) is 4.98 Å². The van der Waals surface area contributed by atoms with Crippen LogP contribution in [-0.2, 0) is 0 Å². The van der Waals surface area contributed by atoms with Crippen LogP contribution in [0, 0.1) is 0 Å². The molecule has 0 saturated carbocycles. The first kappa shape index (κ1) is 9.23. The molecule has 0 amide bonds. The SMILES string of the molecule is ONc1ccc(N2CCNCC2)cn1. The summed E-state index contributed by atoms with van der Waals surface area (Å²) in [5, 5.41) is 11.9. The summed E-state index contributed by atoms with van der Waals surface area (Å²) in [6.45, 7) is 4.04. The largest absolute Gasteiger partial charge is 0.368 e. The van der Waals surface area contributed by atoms with E-state index in [9.17, 15) is 0 Å². The van der Waals surface area contributed by atoms with E-state index in [1.807, 2.05) is 11.5 Å². The Balaban J connectivity index is 2.07. The first-order chi connectivity index (χ1) is 6.90. The molecule has 1 aliphatic rings. The number of nitrogens with one attached hydrogen (secondary N) is 2. The maximum atomic E-state index is 8.60. The van der Waals surface area contributed by atoms with E-state index in [2.05, 4.69) is 15.2 Å². The minimum Gasteiger partial charge on any atom is -0.368 e. The first-order valence-electron chi connectivity index (χ1n) is 4.72. The molecular formula is C9H14N4O. The lowest BCUT2D eigenvalue weighted by Crippen LogP contribution is -2.43. The lowest BCUT2D eigenvalue weighted by atomic mass is 10.3. The molecule has 0 spiro atoms. The van der Waals surface area contributed by atoms with Crippen LogP contribution in [0.1, 0.15) is 0 Å². The minimum atomic E-state index is 0.476. The van der Waals surface area contributed by atoms with Gasteiger partial charge in [-0.1, -0.05) is 0 Å². The molecule has 0 radical (unpaired) electrons. The third kappa shape index (κ3) is 1.94. The van der Waals surface area contributed by atoms with Crippen LogP contribution in [0.25, 0.3) is 0 Å². The maximum Gasteiger partial charge on any atom is 0.149 e. The van der Waals surface area contributed by atoms with Crippen molar-refractivity contribution in [2.75, 3.05) is 36.6 Å². The topological polar surface area (TPSA) is 60.4 Å². The van der Waals surface area contributed by atoms with E-state index in [1.54, 1.807) is 12.3 Å². The summed E-state index contributed by atoms with van der Waals surface area (Å²) >= 11 is 0. The fraction of sp³-hybridized carbons (Fsp3) is 0.444. The molecule has 5 nitrogen and oxygen atoms in total. The molecule has 14 heavy (non-hydrogen) atoms. The Morgan fingerprint density at radius 1 is 1.36 bits per heavy atom. The van der Waals surface area contributed by atoms with Gasteiger partial charge in [0.05, 0.1) is 11.9 Å². The molecule has 0 atom stereocenters. The van der Waals surface area contributed by atoms with E-state index in [0.717, 1.165) is 31.9 Å². The first-order valence-corrected chi connectivity index (χ1v) is 4.72. The fourth-order valence-electron chi connectivity index (χ4n) is 1.56. The van der Waals surface area contributed by atoms with Crippen molar-refractivity contribution >= 4 is 11.5 Å². The fourth-order valence-corrected chi connectivity index (χ4v) is 1.56. The molecule has 76 valence electrons. The van der Waals surface area contributed by atoms with Crippen molar-refractivity contribution in [1.82, 2.24) is 10.3 Å². The molecule has 0 aliphatic carbocycles. The Morgan fingerprint density at radius 2 is 2.14 bits per heavy atom. The van der Waals surface area contributed by atoms with E-state index in [4.69, 9.17) is 5.21 Å². The monoisotopic (exact) mass is 194 g/mol. The number of nitrogens with zero attached hydrogens (tertiary/aromatic N) is 2. The molecule has 2 rings (SSSR count). The highest BCUT2D eigenvalue weighted by atomic mass is 16.5. The standard InChI is InChI=1S/C9H14N4O/c14-12-9-2-1-8(7-11-9)13-5-3-10-4-6-13/h1-2,7,10,14H,3-6H2,(H,11,12). The summed E-state index contributed by atoms with van der Waals surface area (Å²) in [7, 11) is 0. The predicted molar refractivity (Wildman–Crippen MR) is 54.7 cm³/mol. The highest BCUT2D eigenvalue weighted by molar-refractivity contribution is 5.49. The van der Waals surface area contributed by atoms with Crippen LogP contribution in [0.15, 0.2) is 18.3 Å². The Hall–Kier alpha value is -1.33. The van der Waals surface area contributed by atoms with E-state index in [-0.39, 0.29) is 0 Å². The van der Waals surface area contributed by atoms with E-state index >= 15 is 0 Å². The van der Waals surface area contributed by atoms with Crippen LogP contribution < -0.4 is 15.7 Å². The molecule has 0 aromatic carbocycles. The molecule has 3 N–H and O–H groups in total. The highest BCUT2D eigenvalue weighted by Gasteiger charge is 2.09. The van der Waals surface area contributed by atoms with Gasteiger partial charge in [0.1, 0.15) is 5.82 Å². The molecule has 1 aliphatic heterocycles. The van der Waals surface area contributed by atoms with Gasteiger partial charge < -0.3 is 10.2 Å². The summed E-state index contributed by atoms with van der Waals surface area (Å²) in [4.78, 5) is 6.32. The summed E-state index contributed by atoms with van der Waals surface area (Å²) in [6.07, 6.45) is 1.77. The molecule has 0 bridgehead atoms. The Kier molecular flexibility index (Phi) is 2.81. The third-order valence-electron chi connectivity index (χ3n) is 2.34. The van der Waals surface area contributed by atoms with Crippen molar-refractivity contribution in [3.63, 3.8) is 0 Å². The predicted octanol–water partition coefficient (Wildman–Crippen LogP) is 0.292. The minimum absolute atomic E-state index is 0.476. The number of hydrogen-bond acceptors (Lipinski definition) is 5. The molecule has 1 saturated heterocycles.